The summed E-state index contributed by atoms with van der Waals surface area (Å²) in [5, 5.41) is 51.6. The molecule has 7 aromatic heterocycles. The van der Waals surface area contributed by atoms with Crippen LogP contribution in [0.5, 0.6) is 0 Å². The summed E-state index contributed by atoms with van der Waals surface area (Å²) in [5.41, 5.74) is 10.1. The highest BCUT2D eigenvalue weighted by molar-refractivity contribution is 7.15. The van der Waals surface area contributed by atoms with Crippen LogP contribution in [-0.4, -0.2) is 122 Å². The molecule has 2 aliphatic rings. The molecule has 87 heavy (non-hydrogen) atoms. The van der Waals surface area contributed by atoms with Crippen LogP contribution in [0.2, 0.25) is 0 Å². The molecule has 446 valence electrons. The van der Waals surface area contributed by atoms with Crippen molar-refractivity contribution >= 4 is 109 Å². The largest absolute Gasteiger partial charge is 0.481 e. The number of carboxylic acid groups (broad SMARTS) is 1. The second-order valence-electron chi connectivity index (χ2n) is 20.9. The first-order chi connectivity index (χ1) is 41.8. The third-order valence-electron chi connectivity index (χ3n) is 14.8. The van der Waals surface area contributed by atoms with Gasteiger partial charge in [-0.15, -0.1) is 68.0 Å². The molecule has 7 atom stereocenters. The highest BCUT2D eigenvalue weighted by Crippen LogP contribution is 2.43. The van der Waals surface area contributed by atoms with E-state index in [1.54, 1.807) is 70.4 Å². The Morgan fingerprint density at radius 2 is 1.37 bits per heavy atom. The normalized spacial score (nSPS) is 19.4. The summed E-state index contributed by atoms with van der Waals surface area (Å²) in [6.07, 6.45) is -2.73. The highest BCUT2D eigenvalue weighted by atomic mass is 32.1. The Balaban J connectivity index is 0.998. The fourth-order valence-corrected chi connectivity index (χ4v) is 15.6. The number of pyridine rings is 1. The number of aliphatic hydroxyl groups is 2. The lowest BCUT2D eigenvalue weighted by molar-refractivity contribution is -0.137. The Morgan fingerprint density at radius 1 is 0.713 bits per heavy atom. The van der Waals surface area contributed by atoms with Crippen molar-refractivity contribution in [2.45, 2.75) is 89.1 Å². The summed E-state index contributed by atoms with van der Waals surface area (Å²) < 4.78 is 0. The van der Waals surface area contributed by atoms with Crippen molar-refractivity contribution in [2.75, 3.05) is 13.1 Å². The number of nitrogens with one attached hydrogen (secondary N) is 3. The number of nitrogens with two attached hydrogens (primary N) is 1. The molecule has 0 unspecified atom stereocenters. The zero-order chi connectivity index (χ0) is 61.2. The van der Waals surface area contributed by atoms with Crippen LogP contribution in [0.25, 0.3) is 43.4 Å². The number of aliphatic carboxylic acids is 1. The van der Waals surface area contributed by atoms with E-state index in [-0.39, 0.29) is 78.0 Å². The van der Waals surface area contributed by atoms with Gasteiger partial charge in [0.25, 0.3) is 17.7 Å². The fourth-order valence-electron chi connectivity index (χ4n) is 10.2. The number of hydrogen-bond donors (Lipinski definition) is 7. The molecule has 0 aliphatic carbocycles. The number of ketones is 1. The van der Waals surface area contributed by atoms with Gasteiger partial charge >= 0.3 is 5.97 Å². The van der Waals surface area contributed by atoms with E-state index in [0.29, 0.717) is 58.8 Å². The number of aliphatic hydroxyl groups excluding tert-OH is 2. The number of carbonyl (C=O) groups excluding carboxylic acids is 6. The van der Waals surface area contributed by atoms with Gasteiger partial charge in [0.2, 0.25) is 11.8 Å². The number of hydrogen-bond acceptors (Lipinski definition) is 22. The highest BCUT2D eigenvalue weighted by Gasteiger charge is 2.45. The van der Waals surface area contributed by atoms with Crippen LogP contribution in [0.15, 0.2) is 93.6 Å². The molecule has 1 saturated heterocycles. The third-order valence-corrected chi connectivity index (χ3v) is 20.4. The van der Waals surface area contributed by atoms with E-state index in [1.165, 1.54) is 39.4 Å². The molecule has 9 aromatic rings. The molecule has 10 bridgehead atoms. The molecular weight excluding hydrogens is 1230 g/mol. The number of aryl methyl sites for hydroxylation is 2. The Bertz CT molecular complexity index is 4080. The van der Waals surface area contributed by atoms with Crippen LogP contribution in [0, 0.1) is 19.8 Å². The van der Waals surface area contributed by atoms with E-state index in [0.717, 1.165) is 45.1 Å². The van der Waals surface area contributed by atoms with Gasteiger partial charge in [0.15, 0.2) is 5.78 Å². The molecule has 11 rings (SSSR count). The van der Waals surface area contributed by atoms with Crippen molar-refractivity contribution in [3.63, 3.8) is 0 Å². The number of nitrogens with zero attached hydrogens (tertiary/aromatic N) is 8. The molecule has 22 nitrogen and oxygen atoms in total. The molecule has 0 saturated carbocycles. The summed E-state index contributed by atoms with van der Waals surface area (Å²) in [6, 6.07) is 16.8. The first kappa shape index (κ1) is 60.5. The minimum Gasteiger partial charge on any atom is -0.481 e. The lowest BCUT2D eigenvalue weighted by Gasteiger charge is -2.29. The summed E-state index contributed by atoms with van der Waals surface area (Å²) in [7, 11) is 0. The average Bonchev–Trinajstić information content (AvgIpc) is 2.70. The summed E-state index contributed by atoms with van der Waals surface area (Å²) in [6.45, 7) is 5.54. The first-order valence-electron chi connectivity index (χ1n) is 27.3. The Hall–Kier alpha value is -8.22. The lowest BCUT2D eigenvalue weighted by atomic mass is 9.90. The molecule has 0 radical (unpaired) electrons. The van der Waals surface area contributed by atoms with Gasteiger partial charge in [-0.2, -0.15) is 0 Å². The van der Waals surface area contributed by atoms with Crippen LogP contribution in [0.4, 0.5) is 0 Å². The van der Waals surface area contributed by atoms with E-state index in [2.05, 4.69) is 20.9 Å². The van der Waals surface area contributed by atoms with E-state index >= 15 is 4.79 Å². The van der Waals surface area contributed by atoms with Gasteiger partial charge in [-0.05, 0) is 43.5 Å². The van der Waals surface area contributed by atoms with E-state index in [9.17, 15) is 39.0 Å². The number of benzene rings is 2. The zero-order valence-corrected chi connectivity index (χ0v) is 51.4. The minimum atomic E-state index is -1.29. The minimum absolute atomic E-state index is 0.0181. The van der Waals surface area contributed by atoms with Gasteiger partial charge in [0, 0.05) is 81.5 Å². The van der Waals surface area contributed by atoms with Crippen molar-refractivity contribution < 1.29 is 48.9 Å². The van der Waals surface area contributed by atoms with Crippen molar-refractivity contribution in [1.29, 1.82) is 0 Å². The number of carbonyl (C=O) groups is 7. The van der Waals surface area contributed by atoms with Crippen molar-refractivity contribution in [2.24, 2.45) is 11.7 Å². The van der Waals surface area contributed by atoms with Crippen molar-refractivity contribution in [1.82, 2.24) is 55.7 Å². The maximum absolute atomic E-state index is 15.2. The van der Waals surface area contributed by atoms with Gasteiger partial charge in [-0.25, -0.2) is 34.9 Å². The second kappa shape index (κ2) is 26.0. The number of Topliss-reactive ketones (excluding diaryl/α,β-unsaturated/α-hetero) is 1. The molecular formula is C59H54N12O10S6. The number of aromatic nitrogens is 7. The predicted molar refractivity (Wildman–Crippen MR) is 330 cm³/mol. The number of fused-ring (bicyclic) bond motifs is 16. The number of thiazole rings is 6. The number of rotatable bonds is 12. The van der Waals surface area contributed by atoms with Crippen LogP contribution >= 0.6 is 68.0 Å². The predicted octanol–water partition coefficient (Wildman–Crippen LogP) is 8.37. The molecule has 8 N–H and O–H groups in total. The Kier molecular flexibility index (Phi) is 18.1. The first-order valence-corrected chi connectivity index (χ1v) is 32.5. The maximum Gasteiger partial charge on any atom is 0.303 e. The quantitative estimate of drug-likeness (QED) is 0.0565. The average molecular weight is 1280 g/mol. The Labute approximate surface area is 520 Å². The molecule has 2 aromatic carbocycles. The summed E-state index contributed by atoms with van der Waals surface area (Å²) >= 11 is 7.04. The SMILES string of the molecule is Cc1ccc(C[C@@H]2NC(=O)c3csc(n3)[C@H]([C@H](O)c3ccccc3)CC(=O)c3nc(sc3C)[C@H](CC(N)=O)NC(=O)c3csc(n3)-c3ccc(-c4nc(C(=O)NCCCC(=O)O)cs4)nc3-c3csc(n3)-c3csc(n3)[C@@H]3[C@@H](C)[C@@H](O)CN3C2=O)cc1. The molecule has 28 heteroatoms. The summed E-state index contributed by atoms with van der Waals surface area (Å²) in [5.74, 6) is -6.02. The molecule has 2 aliphatic heterocycles. The third kappa shape index (κ3) is 13.4. The maximum atomic E-state index is 15.2. The number of primary amides is 1. The molecule has 1 fully saturated rings. The van der Waals surface area contributed by atoms with E-state index in [4.69, 9.17) is 40.7 Å². The molecule has 5 amide bonds. The monoisotopic (exact) mass is 1280 g/mol. The number of amides is 5. The van der Waals surface area contributed by atoms with Gasteiger partial charge in [0.1, 0.15) is 70.9 Å². The lowest BCUT2D eigenvalue weighted by Crippen LogP contribution is -2.50. The van der Waals surface area contributed by atoms with Gasteiger partial charge in [0.05, 0.1) is 41.4 Å². The van der Waals surface area contributed by atoms with E-state index < -0.39 is 83.5 Å². The zero-order valence-electron chi connectivity index (χ0n) is 46.5. The second-order valence-corrected chi connectivity index (χ2v) is 26.5. The molecule has 9 heterocycles. The summed E-state index contributed by atoms with van der Waals surface area (Å²) in [4.78, 5) is 131. The topological polar surface area (TPSA) is 336 Å². The number of carboxylic acids is 1. The van der Waals surface area contributed by atoms with Crippen LogP contribution in [-0.2, 0) is 20.8 Å². The van der Waals surface area contributed by atoms with Crippen LogP contribution in [0.1, 0.15) is 135 Å². The molecule has 0 spiro atoms. The Morgan fingerprint density at radius 3 is 2.13 bits per heavy atom. The van der Waals surface area contributed by atoms with E-state index in [1.807, 2.05) is 43.5 Å². The fraction of sp³-hybridized carbons (Fsp3) is 0.288. The smallest absolute Gasteiger partial charge is 0.303 e. The van der Waals surface area contributed by atoms with Crippen molar-refractivity contribution in [3.8, 4) is 43.4 Å². The standard InChI is InChI=1S/C59H54N12O10S6/c1-27-11-13-30(14-12-27)18-36-59(81)71-21-43(73)28(2)48(71)58-69-41(26-86-58)56-65-37(22-84-56)47-32(15-16-34(62-47)55-68-38(23-85-55)50(78)61-17-7-10-45(75)76)53-66-39(24-82-53)51(79)63-35(20-44(60)74)57-70-46(29(3)87-57)42(72)19-33(49(77)31-8-5-4-6-9-31)54-67-40(25-83-54)52(80)64-36/h4-6,8-9,11-16,22-26,28,33,35-36,43,48-49,73,77H,7,10,17-21H2,1-3H3,(H2,60,74)(H,61,78)(H,63,79)(H,64,80)(H,75,76)/t28-,33-,35-,36-,43-,48-,49+/m0/s1. The van der Waals surface area contributed by atoms with Crippen LogP contribution in [0.3, 0.4) is 0 Å². The van der Waals surface area contributed by atoms with Gasteiger partial charge in [-0.3, -0.25) is 33.6 Å². The van der Waals surface area contributed by atoms with Gasteiger partial charge < -0.3 is 41.9 Å². The van der Waals surface area contributed by atoms with Crippen molar-refractivity contribution in [3.05, 3.63) is 153 Å². The van der Waals surface area contributed by atoms with Gasteiger partial charge in [-0.1, -0.05) is 67.1 Å². The van der Waals surface area contributed by atoms with Crippen LogP contribution < -0.4 is 21.7 Å².